The molecule has 114 valence electrons. The lowest BCUT2D eigenvalue weighted by molar-refractivity contribution is 0.192. The van der Waals surface area contributed by atoms with Crippen LogP contribution < -0.4 is 11.0 Å². The van der Waals surface area contributed by atoms with Gasteiger partial charge >= 0.3 is 5.69 Å². The van der Waals surface area contributed by atoms with Crippen molar-refractivity contribution >= 4 is 11.0 Å². The molecular weight excluding hydrogens is 264 g/mol. The molecule has 21 heavy (non-hydrogen) atoms. The van der Waals surface area contributed by atoms with Crippen LogP contribution in [-0.2, 0) is 0 Å². The first kappa shape index (κ1) is 14.4. The number of likely N-dealkylation sites (N-methyl/N-ethyl adjacent to an activating group) is 1. The van der Waals surface area contributed by atoms with E-state index in [4.69, 9.17) is 0 Å². The van der Waals surface area contributed by atoms with E-state index in [9.17, 15) is 4.79 Å². The van der Waals surface area contributed by atoms with Crippen molar-refractivity contribution in [1.29, 1.82) is 0 Å². The number of aromatic nitrogens is 2. The standard InChI is InChI=1S/C16H24N4O/c1-3-20-8-4-5-13(10-20)17-11(2)12-6-7-14-15(9-12)19-16(21)18-14/h6-7,9,11,13,17H,3-5,8,10H2,1-2H3,(H2,18,19,21). The fraction of sp³-hybridized carbons (Fsp3) is 0.562. The Morgan fingerprint density at radius 3 is 3.00 bits per heavy atom. The van der Waals surface area contributed by atoms with Gasteiger partial charge in [0, 0.05) is 18.6 Å². The van der Waals surface area contributed by atoms with Crippen molar-refractivity contribution in [1.82, 2.24) is 20.2 Å². The predicted octanol–water partition coefficient (Wildman–Crippen LogP) is 1.99. The molecule has 0 radical (unpaired) electrons. The Labute approximate surface area is 124 Å². The molecule has 0 bridgehead atoms. The monoisotopic (exact) mass is 288 g/mol. The molecule has 1 saturated heterocycles. The average Bonchev–Trinajstić information content (AvgIpc) is 2.86. The highest BCUT2D eigenvalue weighted by molar-refractivity contribution is 5.75. The van der Waals surface area contributed by atoms with Crippen molar-refractivity contribution in [2.45, 2.75) is 38.8 Å². The second-order valence-corrected chi connectivity index (χ2v) is 6.00. The Morgan fingerprint density at radius 2 is 2.19 bits per heavy atom. The van der Waals surface area contributed by atoms with Gasteiger partial charge in [0.05, 0.1) is 11.0 Å². The van der Waals surface area contributed by atoms with Gasteiger partial charge in [0.1, 0.15) is 0 Å². The number of hydrogen-bond donors (Lipinski definition) is 3. The van der Waals surface area contributed by atoms with Gasteiger partial charge in [0.15, 0.2) is 0 Å². The zero-order chi connectivity index (χ0) is 14.8. The molecule has 0 aliphatic carbocycles. The summed E-state index contributed by atoms with van der Waals surface area (Å²) in [5, 5.41) is 3.73. The largest absolute Gasteiger partial charge is 0.323 e. The third-order valence-corrected chi connectivity index (χ3v) is 4.48. The van der Waals surface area contributed by atoms with E-state index >= 15 is 0 Å². The van der Waals surface area contributed by atoms with Crippen LogP contribution in [0.1, 0.15) is 38.3 Å². The molecular formula is C16H24N4O. The molecule has 1 aliphatic rings. The van der Waals surface area contributed by atoms with E-state index in [1.54, 1.807) is 0 Å². The molecule has 0 amide bonds. The van der Waals surface area contributed by atoms with Crippen LogP contribution in [0.15, 0.2) is 23.0 Å². The van der Waals surface area contributed by atoms with Crippen LogP contribution in [0.25, 0.3) is 11.0 Å². The number of nitrogens with zero attached hydrogens (tertiary/aromatic N) is 1. The van der Waals surface area contributed by atoms with Crippen molar-refractivity contribution < 1.29 is 0 Å². The summed E-state index contributed by atoms with van der Waals surface area (Å²) < 4.78 is 0. The highest BCUT2D eigenvalue weighted by Crippen LogP contribution is 2.19. The topological polar surface area (TPSA) is 63.9 Å². The van der Waals surface area contributed by atoms with E-state index in [0.29, 0.717) is 6.04 Å². The summed E-state index contributed by atoms with van der Waals surface area (Å²) >= 11 is 0. The third-order valence-electron chi connectivity index (χ3n) is 4.48. The lowest BCUT2D eigenvalue weighted by Crippen LogP contribution is -2.46. The molecule has 3 N–H and O–H groups in total. The van der Waals surface area contributed by atoms with E-state index in [1.165, 1.54) is 24.9 Å². The molecule has 1 aliphatic heterocycles. The summed E-state index contributed by atoms with van der Waals surface area (Å²) in [7, 11) is 0. The van der Waals surface area contributed by atoms with Gasteiger partial charge < -0.3 is 20.2 Å². The van der Waals surface area contributed by atoms with Gasteiger partial charge in [0.2, 0.25) is 0 Å². The summed E-state index contributed by atoms with van der Waals surface area (Å²) in [6.45, 7) is 7.89. The zero-order valence-corrected chi connectivity index (χ0v) is 12.8. The van der Waals surface area contributed by atoms with Crippen molar-refractivity contribution in [3.63, 3.8) is 0 Å². The molecule has 1 aromatic carbocycles. The molecule has 3 rings (SSSR count). The van der Waals surface area contributed by atoms with E-state index in [0.717, 1.165) is 24.1 Å². The van der Waals surface area contributed by atoms with Crippen molar-refractivity contribution in [3.05, 3.63) is 34.2 Å². The molecule has 2 unspecified atom stereocenters. The maximum atomic E-state index is 11.3. The van der Waals surface area contributed by atoms with Crippen molar-refractivity contribution in [2.24, 2.45) is 0 Å². The average molecular weight is 288 g/mol. The maximum absolute atomic E-state index is 11.3. The zero-order valence-electron chi connectivity index (χ0n) is 12.8. The molecule has 0 saturated carbocycles. The minimum absolute atomic E-state index is 0.145. The van der Waals surface area contributed by atoms with E-state index in [1.807, 2.05) is 6.07 Å². The molecule has 1 aromatic heterocycles. The minimum atomic E-state index is -0.145. The molecule has 5 nitrogen and oxygen atoms in total. The van der Waals surface area contributed by atoms with Crippen LogP contribution in [0.3, 0.4) is 0 Å². The maximum Gasteiger partial charge on any atom is 0.323 e. The first-order valence-corrected chi connectivity index (χ1v) is 7.86. The second-order valence-electron chi connectivity index (χ2n) is 6.00. The van der Waals surface area contributed by atoms with Crippen LogP contribution in [0, 0.1) is 0 Å². The van der Waals surface area contributed by atoms with E-state index in [2.05, 4.69) is 46.2 Å². The number of benzene rings is 1. The Kier molecular flexibility index (Phi) is 4.12. The number of fused-ring (bicyclic) bond motifs is 1. The first-order valence-electron chi connectivity index (χ1n) is 7.86. The predicted molar refractivity (Wildman–Crippen MR) is 85.6 cm³/mol. The van der Waals surface area contributed by atoms with Crippen LogP contribution >= 0.6 is 0 Å². The Morgan fingerprint density at radius 1 is 1.38 bits per heavy atom. The number of nitrogens with one attached hydrogen (secondary N) is 3. The summed E-state index contributed by atoms with van der Waals surface area (Å²) in [5.74, 6) is 0. The molecule has 1 fully saturated rings. The van der Waals surface area contributed by atoms with Crippen molar-refractivity contribution in [2.75, 3.05) is 19.6 Å². The summed E-state index contributed by atoms with van der Waals surface area (Å²) in [6.07, 6.45) is 2.51. The molecule has 2 heterocycles. The number of rotatable bonds is 4. The van der Waals surface area contributed by atoms with Gasteiger partial charge in [-0.2, -0.15) is 0 Å². The highest BCUT2D eigenvalue weighted by Gasteiger charge is 2.20. The van der Waals surface area contributed by atoms with Gasteiger partial charge in [-0.1, -0.05) is 13.0 Å². The van der Waals surface area contributed by atoms with Gasteiger partial charge in [-0.15, -0.1) is 0 Å². The fourth-order valence-electron chi connectivity index (χ4n) is 3.25. The number of piperidine rings is 1. The molecule has 2 atom stereocenters. The van der Waals surface area contributed by atoms with Crippen LogP contribution in [0.5, 0.6) is 0 Å². The first-order chi connectivity index (χ1) is 10.2. The van der Waals surface area contributed by atoms with E-state index < -0.39 is 0 Å². The van der Waals surface area contributed by atoms with Gasteiger partial charge in [0.25, 0.3) is 0 Å². The van der Waals surface area contributed by atoms with Gasteiger partial charge in [-0.25, -0.2) is 4.79 Å². The lowest BCUT2D eigenvalue weighted by atomic mass is 10.0. The fourth-order valence-corrected chi connectivity index (χ4v) is 3.25. The summed E-state index contributed by atoms with van der Waals surface area (Å²) in [4.78, 5) is 19.4. The van der Waals surface area contributed by atoms with Crippen LogP contribution in [0.4, 0.5) is 0 Å². The van der Waals surface area contributed by atoms with Crippen LogP contribution in [0.2, 0.25) is 0 Å². The Bertz CT molecular complexity index is 660. The number of hydrogen-bond acceptors (Lipinski definition) is 3. The van der Waals surface area contributed by atoms with Gasteiger partial charge in [-0.3, -0.25) is 0 Å². The number of H-pyrrole nitrogens is 2. The van der Waals surface area contributed by atoms with Gasteiger partial charge in [-0.05, 0) is 50.6 Å². The van der Waals surface area contributed by atoms with Crippen LogP contribution in [-0.4, -0.2) is 40.5 Å². The number of aromatic amines is 2. The summed E-state index contributed by atoms with van der Waals surface area (Å²) in [5.41, 5.74) is 2.82. The van der Waals surface area contributed by atoms with E-state index in [-0.39, 0.29) is 11.7 Å². The lowest BCUT2D eigenvalue weighted by Gasteiger charge is -2.34. The second kappa shape index (κ2) is 6.03. The van der Waals surface area contributed by atoms with Crippen molar-refractivity contribution in [3.8, 4) is 0 Å². The number of imidazole rings is 1. The Hall–Kier alpha value is -1.59. The third kappa shape index (κ3) is 3.19. The summed E-state index contributed by atoms with van der Waals surface area (Å²) in [6, 6.07) is 6.96. The normalized spacial score (nSPS) is 21.7. The Balaban J connectivity index is 1.71. The molecule has 5 heteroatoms. The molecule has 0 spiro atoms. The quantitative estimate of drug-likeness (QED) is 0.806. The SMILES string of the molecule is CCN1CCCC(NC(C)c2ccc3[nH]c(=O)[nH]c3c2)C1. The number of likely N-dealkylation sites (tertiary alicyclic amines) is 1. The molecule has 2 aromatic rings. The highest BCUT2D eigenvalue weighted by atomic mass is 16.1. The smallest absolute Gasteiger partial charge is 0.306 e. The minimum Gasteiger partial charge on any atom is -0.306 e.